The number of ether oxygens (including phenoxy) is 1. The molecule has 1 amide bonds. The molecule has 25 heavy (non-hydrogen) atoms. The third-order valence-corrected chi connectivity index (χ3v) is 3.98. The largest absolute Gasteiger partial charge is 0.496 e. The normalized spacial score (nSPS) is 10.7. The molecule has 0 saturated carbocycles. The number of pyridine rings is 1. The molecule has 0 spiro atoms. The van der Waals surface area contributed by atoms with Gasteiger partial charge in [-0.3, -0.25) is 14.9 Å². The van der Waals surface area contributed by atoms with Crippen LogP contribution in [0.3, 0.4) is 0 Å². The average Bonchev–Trinajstić information content (AvgIpc) is 3.23. The van der Waals surface area contributed by atoms with Gasteiger partial charge in [0.15, 0.2) is 11.5 Å². The number of rotatable bonds is 5. The standard InChI is InChI=1S/C18H20N4O3/c1-10-8-19-15(12(3)17(10)24-4)9-20-18(23)14-7-13(21-22-14)16-6-5-11(2)25-16/h5-8H,9H2,1-4H3,(H,20,23)(H,21,22). The maximum absolute atomic E-state index is 12.3. The lowest BCUT2D eigenvalue weighted by Crippen LogP contribution is -2.24. The van der Waals surface area contributed by atoms with Gasteiger partial charge in [-0.05, 0) is 32.9 Å². The average molecular weight is 340 g/mol. The number of nitrogens with one attached hydrogen (secondary N) is 2. The topological polar surface area (TPSA) is 93.0 Å². The van der Waals surface area contributed by atoms with Gasteiger partial charge in [0.1, 0.15) is 17.2 Å². The Hall–Kier alpha value is -3.09. The van der Waals surface area contributed by atoms with Gasteiger partial charge in [-0.25, -0.2) is 0 Å². The van der Waals surface area contributed by atoms with Crippen molar-refractivity contribution in [1.82, 2.24) is 20.5 Å². The van der Waals surface area contributed by atoms with E-state index in [1.807, 2.05) is 32.9 Å². The third kappa shape index (κ3) is 3.40. The Kier molecular flexibility index (Phi) is 4.56. The number of H-pyrrole nitrogens is 1. The summed E-state index contributed by atoms with van der Waals surface area (Å²) in [6, 6.07) is 5.34. The van der Waals surface area contributed by atoms with Crippen molar-refractivity contribution in [1.29, 1.82) is 0 Å². The van der Waals surface area contributed by atoms with Crippen molar-refractivity contribution in [3.63, 3.8) is 0 Å². The number of amides is 1. The molecule has 3 heterocycles. The quantitative estimate of drug-likeness (QED) is 0.745. The summed E-state index contributed by atoms with van der Waals surface area (Å²) in [6.45, 7) is 6.01. The van der Waals surface area contributed by atoms with E-state index in [0.29, 0.717) is 23.7 Å². The molecule has 3 aromatic rings. The number of methoxy groups -OCH3 is 1. The van der Waals surface area contributed by atoms with Gasteiger partial charge >= 0.3 is 0 Å². The summed E-state index contributed by atoms with van der Waals surface area (Å²) in [5.74, 6) is 1.94. The molecule has 0 aliphatic heterocycles. The molecule has 0 atom stereocenters. The van der Waals surface area contributed by atoms with Crippen LogP contribution >= 0.6 is 0 Å². The maximum atomic E-state index is 12.3. The van der Waals surface area contributed by atoms with Crippen molar-refractivity contribution in [3.8, 4) is 17.2 Å². The van der Waals surface area contributed by atoms with E-state index in [1.54, 1.807) is 19.4 Å². The molecule has 0 unspecified atom stereocenters. The van der Waals surface area contributed by atoms with Crippen molar-refractivity contribution in [3.05, 3.63) is 52.7 Å². The number of carbonyl (C=O) groups is 1. The molecule has 0 fully saturated rings. The van der Waals surface area contributed by atoms with E-state index in [0.717, 1.165) is 28.3 Å². The zero-order chi connectivity index (χ0) is 18.0. The van der Waals surface area contributed by atoms with Crippen molar-refractivity contribution in [2.45, 2.75) is 27.3 Å². The van der Waals surface area contributed by atoms with Gasteiger partial charge in [-0.1, -0.05) is 0 Å². The molecule has 0 saturated heterocycles. The molecule has 0 aliphatic carbocycles. The highest BCUT2D eigenvalue weighted by molar-refractivity contribution is 5.93. The zero-order valence-electron chi connectivity index (χ0n) is 14.6. The fraction of sp³-hybridized carbons (Fsp3) is 0.278. The number of nitrogens with zero attached hydrogens (tertiary/aromatic N) is 2. The van der Waals surface area contributed by atoms with Gasteiger partial charge in [-0.2, -0.15) is 5.10 Å². The van der Waals surface area contributed by atoms with Crippen molar-refractivity contribution in [2.24, 2.45) is 0 Å². The lowest BCUT2D eigenvalue weighted by Gasteiger charge is -2.12. The summed E-state index contributed by atoms with van der Waals surface area (Å²) >= 11 is 0. The summed E-state index contributed by atoms with van der Waals surface area (Å²) in [7, 11) is 1.62. The Labute approximate surface area is 145 Å². The first-order valence-corrected chi connectivity index (χ1v) is 7.89. The van der Waals surface area contributed by atoms with Crippen molar-refractivity contribution in [2.75, 3.05) is 7.11 Å². The van der Waals surface area contributed by atoms with E-state index in [-0.39, 0.29) is 5.91 Å². The number of aromatic amines is 1. The van der Waals surface area contributed by atoms with E-state index in [4.69, 9.17) is 9.15 Å². The van der Waals surface area contributed by atoms with Gasteiger partial charge in [0, 0.05) is 23.4 Å². The number of hydrogen-bond acceptors (Lipinski definition) is 5. The summed E-state index contributed by atoms with van der Waals surface area (Å²) in [5, 5.41) is 9.68. The van der Waals surface area contributed by atoms with E-state index in [2.05, 4.69) is 20.5 Å². The molecule has 7 heteroatoms. The van der Waals surface area contributed by atoms with E-state index < -0.39 is 0 Å². The number of hydrogen-bond donors (Lipinski definition) is 2. The van der Waals surface area contributed by atoms with Crippen LogP contribution < -0.4 is 10.1 Å². The second kappa shape index (κ2) is 6.80. The first-order chi connectivity index (χ1) is 12.0. The smallest absolute Gasteiger partial charge is 0.272 e. The lowest BCUT2D eigenvalue weighted by atomic mass is 10.1. The Morgan fingerprint density at radius 1 is 1.32 bits per heavy atom. The Morgan fingerprint density at radius 3 is 2.80 bits per heavy atom. The van der Waals surface area contributed by atoms with Crippen LogP contribution in [-0.2, 0) is 6.54 Å². The molecule has 2 N–H and O–H groups in total. The molecular weight excluding hydrogens is 320 g/mol. The summed E-state index contributed by atoms with van der Waals surface area (Å²) < 4.78 is 10.9. The predicted molar refractivity (Wildman–Crippen MR) is 92.5 cm³/mol. The molecule has 0 aliphatic rings. The van der Waals surface area contributed by atoms with Crippen LogP contribution in [0.5, 0.6) is 5.75 Å². The SMILES string of the molecule is COc1c(C)cnc(CNC(=O)c2cc(-c3ccc(C)o3)[nH]n2)c1C. The molecule has 130 valence electrons. The first-order valence-electron chi connectivity index (χ1n) is 7.89. The number of furan rings is 1. The Morgan fingerprint density at radius 2 is 2.12 bits per heavy atom. The highest BCUT2D eigenvalue weighted by Gasteiger charge is 2.15. The summed E-state index contributed by atoms with van der Waals surface area (Å²) in [6.07, 6.45) is 1.74. The van der Waals surface area contributed by atoms with Crippen LogP contribution in [-0.4, -0.2) is 28.2 Å². The van der Waals surface area contributed by atoms with Crippen LogP contribution in [0.4, 0.5) is 0 Å². The minimum absolute atomic E-state index is 0.286. The van der Waals surface area contributed by atoms with Crippen LogP contribution in [0.1, 0.15) is 33.1 Å². The Bertz CT molecular complexity index is 911. The summed E-state index contributed by atoms with van der Waals surface area (Å²) in [4.78, 5) is 16.7. The number of aryl methyl sites for hydroxylation is 2. The second-order valence-corrected chi connectivity index (χ2v) is 5.81. The maximum Gasteiger partial charge on any atom is 0.272 e. The van der Waals surface area contributed by atoms with E-state index in [9.17, 15) is 4.79 Å². The summed E-state index contributed by atoms with van der Waals surface area (Å²) in [5.41, 5.74) is 3.58. The van der Waals surface area contributed by atoms with Crippen LogP contribution in [0, 0.1) is 20.8 Å². The van der Waals surface area contributed by atoms with Gasteiger partial charge in [-0.15, -0.1) is 0 Å². The fourth-order valence-corrected chi connectivity index (χ4v) is 2.65. The minimum Gasteiger partial charge on any atom is -0.496 e. The van der Waals surface area contributed by atoms with Gasteiger partial charge < -0.3 is 14.5 Å². The van der Waals surface area contributed by atoms with Gasteiger partial charge in [0.2, 0.25) is 0 Å². The van der Waals surface area contributed by atoms with Crippen LogP contribution in [0.15, 0.2) is 28.8 Å². The van der Waals surface area contributed by atoms with E-state index in [1.165, 1.54) is 0 Å². The molecular formula is C18H20N4O3. The number of aromatic nitrogens is 3. The zero-order valence-corrected chi connectivity index (χ0v) is 14.6. The molecule has 0 radical (unpaired) electrons. The Balaban J connectivity index is 1.70. The lowest BCUT2D eigenvalue weighted by molar-refractivity contribution is 0.0945. The van der Waals surface area contributed by atoms with Crippen LogP contribution in [0.25, 0.3) is 11.5 Å². The molecule has 0 bridgehead atoms. The van der Waals surface area contributed by atoms with Gasteiger partial charge in [0.05, 0.1) is 19.3 Å². The minimum atomic E-state index is -0.286. The number of carbonyl (C=O) groups excluding carboxylic acids is 1. The van der Waals surface area contributed by atoms with Crippen molar-refractivity contribution >= 4 is 5.91 Å². The van der Waals surface area contributed by atoms with E-state index >= 15 is 0 Å². The molecule has 3 aromatic heterocycles. The highest BCUT2D eigenvalue weighted by atomic mass is 16.5. The van der Waals surface area contributed by atoms with Gasteiger partial charge in [0.25, 0.3) is 5.91 Å². The third-order valence-electron chi connectivity index (χ3n) is 3.98. The van der Waals surface area contributed by atoms with Crippen molar-refractivity contribution < 1.29 is 13.9 Å². The fourth-order valence-electron chi connectivity index (χ4n) is 2.65. The highest BCUT2D eigenvalue weighted by Crippen LogP contribution is 2.24. The first kappa shape index (κ1) is 16.8. The predicted octanol–water partition coefficient (Wildman–Crippen LogP) is 2.93. The van der Waals surface area contributed by atoms with Crippen LogP contribution in [0.2, 0.25) is 0 Å². The second-order valence-electron chi connectivity index (χ2n) is 5.81. The monoisotopic (exact) mass is 340 g/mol. The molecule has 3 rings (SSSR count). The molecule has 7 nitrogen and oxygen atoms in total. The molecule has 0 aromatic carbocycles.